The normalized spacial score (nSPS) is 19.9. The molecule has 1 aromatic carbocycles. The monoisotopic (exact) mass is 280 g/mol. The minimum absolute atomic E-state index is 0.225. The third-order valence-electron chi connectivity index (χ3n) is 3.94. The Morgan fingerprint density at radius 3 is 2.47 bits per heavy atom. The molecular formula is C14H20N2O2S. The molecule has 1 aromatic rings. The van der Waals surface area contributed by atoms with Crippen molar-refractivity contribution in [3.05, 3.63) is 23.8 Å². The van der Waals surface area contributed by atoms with Crippen LogP contribution in [0, 0.1) is 12.8 Å². The van der Waals surface area contributed by atoms with E-state index >= 15 is 0 Å². The topological polar surface area (TPSA) is 63.4 Å². The van der Waals surface area contributed by atoms with Crippen molar-refractivity contribution < 1.29 is 8.42 Å². The molecule has 2 fully saturated rings. The fourth-order valence-corrected chi connectivity index (χ4v) is 4.15. The van der Waals surface area contributed by atoms with Crippen LogP contribution in [0.2, 0.25) is 0 Å². The highest BCUT2D eigenvalue weighted by molar-refractivity contribution is 7.89. The third kappa shape index (κ3) is 2.62. The molecule has 5 heteroatoms. The van der Waals surface area contributed by atoms with Gasteiger partial charge >= 0.3 is 0 Å². The lowest BCUT2D eigenvalue weighted by atomic mass is 10.2. The highest BCUT2D eigenvalue weighted by atomic mass is 32.2. The van der Waals surface area contributed by atoms with Crippen LogP contribution in [0.15, 0.2) is 23.1 Å². The standard InChI is InChI=1S/C14H20N2O2S/c1-10-8-13(6-7-14(10)15)19(17,18)16(12-4-5-12)9-11-2-3-11/h6-8,11-12H,2-5,9,15H2,1H3. The molecule has 2 N–H and O–H groups in total. The molecule has 0 amide bonds. The van der Waals surface area contributed by atoms with Crippen molar-refractivity contribution in [1.82, 2.24) is 4.31 Å². The van der Waals surface area contributed by atoms with Crippen LogP contribution < -0.4 is 5.73 Å². The molecular weight excluding hydrogens is 260 g/mol. The summed E-state index contributed by atoms with van der Waals surface area (Å²) in [4.78, 5) is 0.381. The molecule has 2 saturated carbocycles. The first kappa shape index (κ1) is 12.9. The zero-order valence-electron chi connectivity index (χ0n) is 11.2. The first-order valence-corrected chi connectivity index (χ1v) is 8.30. The molecule has 0 saturated heterocycles. The van der Waals surface area contributed by atoms with Gasteiger partial charge in [0, 0.05) is 18.3 Å². The van der Waals surface area contributed by atoms with Crippen molar-refractivity contribution in [2.45, 2.75) is 43.5 Å². The van der Waals surface area contributed by atoms with E-state index in [-0.39, 0.29) is 6.04 Å². The van der Waals surface area contributed by atoms with E-state index < -0.39 is 10.0 Å². The van der Waals surface area contributed by atoms with Crippen LogP contribution in [0.5, 0.6) is 0 Å². The van der Waals surface area contributed by atoms with Gasteiger partial charge in [-0.15, -0.1) is 0 Å². The lowest BCUT2D eigenvalue weighted by Gasteiger charge is -2.22. The molecule has 2 aliphatic rings. The zero-order chi connectivity index (χ0) is 13.6. The summed E-state index contributed by atoms with van der Waals surface area (Å²) in [5.74, 6) is 0.574. The molecule has 19 heavy (non-hydrogen) atoms. The van der Waals surface area contributed by atoms with Gasteiger partial charge in [0.15, 0.2) is 0 Å². The number of hydrogen-bond acceptors (Lipinski definition) is 3. The summed E-state index contributed by atoms with van der Waals surface area (Å²) in [6.07, 6.45) is 4.33. The lowest BCUT2D eigenvalue weighted by Crippen LogP contribution is -2.35. The molecule has 3 rings (SSSR count). The lowest BCUT2D eigenvalue weighted by molar-refractivity contribution is 0.389. The number of rotatable bonds is 5. The molecule has 0 spiro atoms. The van der Waals surface area contributed by atoms with E-state index in [0.29, 0.717) is 23.0 Å². The minimum Gasteiger partial charge on any atom is -0.399 e. The van der Waals surface area contributed by atoms with Crippen molar-refractivity contribution in [3.8, 4) is 0 Å². The first-order valence-electron chi connectivity index (χ1n) is 6.86. The van der Waals surface area contributed by atoms with E-state index in [9.17, 15) is 8.42 Å². The Labute approximate surface area is 114 Å². The van der Waals surface area contributed by atoms with Crippen LogP contribution in [0.3, 0.4) is 0 Å². The maximum atomic E-state index is 12.7. The van der Waals surface area contributed by atoms with Gasteiger partial charge in [0.25, 0.3) is 0 Å². The molecule has 0 unspecified atom stereocenters. The fourth-order valence-electron chi connectivity index (χ4n) is 2.30. The first-order chi connectivity index (χ1) is 8.98. The molecule has 0 radical (unpaired) electrons. The van der Waals surface area contributed by atoms with Crippen molar-refractivity contribution in [1.29, 1.82) is 0 Å². The molecule has 2 aliphatic carbocycles. The Hall–Kier alpha value is -1.07. The second-order valence-electron chi connectivity index (χ2n) is 5.77. The molecule has 4 nitrogen and oxygen atoms in total. The van der Waals surface area contributed by atoms with Crippen molar-refractivity contribution >= 4 is 15.7 Å². The van der Waals surface area contributed by atoms with Gasteiger partial charge in [0.1, 0.15) is 0 Å². The molecule has 0 aliphatic heterocycles. The Bertz CT molecular complexity index is 589. The van der Waals surface area contributed by atoms with Gasteiger partial charge in [-0.3, -0.25) is 0 Å². The fraction of sp³-hybridized carbons (Fsp3) is 0.571. The Morgan fingerprint density at radius 1 is 1.26 bits per heavy atom. The van der Waals surface area contributed by atoms with E-state index in [1.807, 2.05) is 6.92 Å². The zero-order valence-corrected chi connectivity index (χ0v) is 12.0. The highest BCUT2D eigenvalue weighted by Crippen LogP contribution is 2.38. The van der Waals surface area contributed by atoms with Crippen LogP contribution in [-0.4, -0.2) is 25.3 Å². The summed E-state index contributed by atoms with van der Waals surface area (Å²) in [6.45, 7) is 2.53. The summed E-state index contributed by atoms with van der Waals surface area (Å²) < 4.78 is 27.2. The summed E-state index contributed by atoms with van der Waals surface area (Å²) in [7, 11) is -3.35. The number of nitrogen functional groups attached to an aromatic ring is 1. The van der Waals surface area contributed by atoms with Crippen molar-refractivity contribution in [2.24, 2.45) is 5.92 Å². The second-order valence-corrected chi connectivity index (χ2v) is 7.66. The smallest absolute Gasteiger partial charge is 0.243 e. The van der Waals surface area contributed by atoms with E-state index in [4.69, 9.17) is 5.73 Å². The highest BCUT2D eigenvalue weighted by Gasteiger charge is 2.41. The van der Waals surface area contributed by atoms with Crippen LogP contribution in [0.4, 0.5) is 5.69 Å². The van der Waals surface area contributed by atoms with Gasteiger partial charge < -0.3 is 5.73 Å². The van der Waals surface area contributed by atoms with Crippen LogP contribution in [0.25, 0.3) is 0 Å². The van der Waals surface area contributed by atoms with Gasteiger partial charge in [-0.1, -0.05) is 0 Å². The summed E-state index contributed by atoms with van der Waals surface area (Å²) in [6, 6.07) is 5.22. The maximum absolute atomic E-state index is 12.7. The Kier molecular flexibility index (Phi) is 3.06. The largest absolute Gasteiger partial charge is 0.399 e. The predicted octanol–water partition coefficient (Wildman–Crippen LogP) is 2.14. The van der Waals surface area contributed by atoms with Gasteiger partial charge in [0.05, 0.1) is 4.90 Å². The van der Waals surface area contributed by atoms with Crippen LogP contribution in [0.1, 0.15) is 31.2 Å². The average molecular weight is 280 g/mol. The number of sulfonamides is 1. The molecule has 0 atom stereocenters. The predicted molar refractivity (Wildman–Crippen MR) is 75.2 cm³/mol. The quantitative estimate of drug-likeness (QED) is 0.840. The van der Waals surface area contributed by atoms with Crippen molar-refractivity contribution in [2.75, 3.05) is 12.3 Å². The second kappa shape index (κ2) is 4.49. The van der Waals surface area contributed by atoms with E-state index in [0.717, 1.165) is 18.4 Å². The summed E-state index contributed by atoms with van der Waals surface area (Å²) in [5, 5.41) is 0. The number of aryl methyl sites for hydroxylation is 1. The molecule has 0 aromatic heterocycles. The third-order valence-corrected chi connectivity index (χ3v) is 5.85. The average Bonchev–Trinajstić information content (AvgIpc) is 3.23. The maximum Gasteiger partial charge on any atom is 0.243 e. The van der Waals surface area contributed by atoms with Gasteiger partial charge in [-0.05, 0) is 62.3 Å². The van der Waals surface area contributed by atoms with Gasteiger partial charge in [0.2, 0.25) is 10.0 Å². The molecule has 0 bridgehead atoms. The molecule has 104 valence electrons. The van der Waals surface area contributed by atoms with Crippen LogP contribution in [-0.2, 0) is 10.0 Å². The SMILES string of the molecule is Cc1cc(S(=O)(=O)N(CC2CC2)C2CC2)ccc1N. The number of hydrogen-bond donors (Lipinski definition) is 1. The summed E-state index contributed by atoms with van der Waals surface area (Å²) >= 11 is 0. The van der Waals surface area contributed by atoms with E-state index in [2.05, 4.69) is 0 Å². The number of benzene rings is 1. The Morgan fingerprint density at radius 2 is 1.95 bits per heavy atom. The van der Waals surface area contributed by atoms with Crippen molar-refractivity contribution in [3.63, 3.8) is 0 Å². The van der Waals surface area contributed by atoms with Crippen LogP contribution >= 0.6 is 0 Å². The number of nitrogens with two attached hydrogens (primary N) is 1. The van der Waals surface area contributed by atoms with Gasteiger partial charge in [-0.25, -0.2) is 8.42 Å². The minimum atomic E-state index is -3.35. The summed E-state index contributed by atoms with van der Waals surface area (Å²) in [5.41, 5.74) is 7.22. The Balaban J connectivity index is 1.92. The number of nitrogens with zero attached hydrogens (tertiary/aromatic N) is 1. The molecule has 0 heterocycles. The van der Waals surface area contributed by atoms with Gasteiger partial charge in [-0.2, -0.15) is 4.31 Å². The van der Waals surface area contributed by atoms with E-state index in [1.165, 1.54) is 12.8 Å². The number of anilines is 1. The van der Waals surface area contributed by atoms with E-state index in [1.54, 1.807) is 22.5 Å².